The van der Waals surface area contributed by atoms with E-state index in [0.717, 1.165) is 16.8 Å². The molecule has 2 aliphatic rings. The molecule has 0 unspecified atom stereocenters. The van der Waals surface area contributed by atoms with Gasteiger partial charge in [0.15, 0.2) is 0 Å². The molecule has 1 aromatic carbocycles. The lowest BCUT2D eigenvalue weighted by Crippen LogP contribution is -2.42. The van der Waals surface area contributed by atoms with Gasteiger partial charge in [-0.25, -0.2) is 5.43 Å². The van der Waals surface area contributed by atoms with Crippen LogP contribution in [0.15, 0.2) is 77.7 Å². The van der Waals surface area contributed by atoms with E-state index in [1.54, 1.807) is 18.5 Å². The molecular weight excluding hydrogens is 360 g/mol. The number of rotatable bonds is 4. The van der Waals surface area contributed by atoms with E-state index < -0.39 is 0 Å². The maximum absolute atomic E-state index is 9.95. The summed E-state index contributed by atoms with van der Waals surface area (Å²) in [6.45, 7) is 1.15. The number of hydrogen-bond acceptors (Lipinski definition) is 6. The van der Waals surface area contributed by atoms with Crippen LogP contribution in [-0.2, 0) is 6.54 Å². The van der Waals surface area contributed by atoms with Crippen molar-refractivity contribution in [3.63, 3.8) is 0 Å². The fraction of sp³-hybridized carbons (Fsp3) is 0.100. The number of fused-ring (bicyclic) bond motifs is 1. The molecule has 2 aliphatic heterocycles. The Hall–Kier alpha value is -3.27. The van der Waals surface area contributed by atoms with Crippen LogP contribution >= 0.6 is 11.6 Å². The van der Waals surface area contributed by atoms with Crippen molar-refractivity contribution in [2.24, 2.45) is 5.73 Å². The number of hydrazine groups is 1. The van der Waals surface area contributed by atoms with Gasteiger partial charge < -0.3 is 11.1 Å². The summed E-state index contributed by atoms with van der Waals surface area (Å²) in [6.07, 6.45) is 5.51. The van der Waals surface area contributed by atoms with Crippen LogP contribution in [0.4, 0.5) is 0 Å². The molecule has 0 saturated heterocycles. The van der Waals surface area contributed by atoms with Crippen molar-refractivity contribution in [1.82, 2.24) is 20.7 Å². The maximum Gasteiger partial charge on any atom is 0.140 e. The number of benzene rings is 1. The number of halogens is 1. The molecule has 4 N–H and O–H groups in total. The highest BCUT2D eigenvalue weighted by molar-refractivity contribution is 6.32. The Labute approximate surface area is 162 Å². The Morgan fingerprint density at radius 1 is 1.30 bits per heavy atom. The molecule has 0 fully saturated rings. The van der Waals surface area contributed by atoms with Crippen molar-refractivity contribution in [3.05, 3.63) is 93.8 Å². The number of nitrogens with two attached hydrogens (primary N) is 1. The molecule has 7 heteroatoms. The molecule has 27 heavy (non-hydrogen) atoms. The maximum atomic E-state index is 9.95. The van der Waals surface area contributed by atoms with Crippen LogP contribution in [0.25, 0.3) is 5.57 Å². The summed E-state index contributed by atoms with van der Waals surface area (Å²) in [4.78, 5) is 4.13. The Morgan fingerprint density at radius 3 is 2.89 bits per heavy atom. The third-order valence-corrected chi connectivity index (χ3v) is 4.81. The first-order valence-corrected chi connectivity index (χ1v) is 8.85. The first-order valence-electron chi connectivity index (χ1n) is 8.47. The predicted octanol–water partition coefficient (Wildman–Crippen LogP) is 2.65. The summed E-state index contributed by atoms with van der Waals surface area (Å²) in [5.74, 6) is 0.647. The second-order valence-corrected chi connectivity index (χ2v) is 6.51. The Kier molecular flexibility index (Phi) is 4.55. The van der Waals surface area contributed by atoms with Gasteiger partial charge in [-0.05, 0) is 23.8 Å². The zero-order valence-corrected chi connectivity index (χ0v) is 15.2. The van der Waals surface area contributed by atoms with E-state index in [2.05, 4.69) is 21.8 Å². The molecular formula is C20H17ClN6. The Bertz CT molecular complexity index is 1020. The van der Waals surface area contributed by atoms with Crippen LogP contribution in [0, 0.1) is 11.3 Å². The third-order valence-electron chi connectivity index (χ3n) is 4.48. The second-order valence-electron chi connectivity index (χ2n) is 6.11. The highest BCUT2D eigenvalue weighted by Gasteiger charge is 2.33. The van der Waals surface area contributed by atoms with E-state index in [0.29, 0.717) is 40.8 Å². The molecule has 0 atom stereocenters. The Balaban J connectivity index is 1.82. The summed E-state index contributed by atoms with van der Waals surface area (Å²) >= 11 is 6.41. The van der Waals surface area contributed by atoms with Gasteiger partial charge in [0.2, 0.25) is 0 Å². The number of nitrogens with one attached hydrogen (secondary N) is 2. The SMILES string of the molecule is N#CC1=C(NCc2cccnc2)N2NCC=C2C(N)=C1c1ccccc1Cl. The largest absolute Gasteiger partial charge is 0.396 e. The molecule has 134 valence electrons. The normalized spacial score (nSPS) is 16.1. The standard InChI is InChI=1S/C20H17ClN6/c21-16-6-2-1-5-14(16)18-15(10-22)20(25-12-13-4-3-8-24-11-13)27-17(19(18)23)7-9-26-27/h1-8,11,25-26H,9,12,23H2. The fourth-order valence-electron chi connectivity index (χ4n) is 3.24. The summed E-state index contributed by atoms with van der Waals surface area (Å²) in [6, 6.07) is 13.6. The van der Waals surface area contributed by atoms with Crippen molar-refractivity contribution in [2.45, 2.75) is 6.54 Å². The van der Waals surface area contributed by atoms with Crippen molar-refractivity contribution in [1.29, 1.82) is 5.26 Å². The minimum Gasteiger partial charge on any atom is -0.396 e. The Morgan fingerprint density at radius 2 is 2.15 bits per heavy atom. The molecule has 4 rings (SSSR count). The average molecular weight is 377 g/mol. The summed E-state index contributed by atoms with van der Waals surface area (Å²) in [7, 11) is 0. The van der Waals surface area contributed by atoms with Gasteiger partial charge in [-0.1, -0.05) is 35.9 Å². The molecule has 6 nitrogen and oxygen atoms in total. The van der Waals surface area contributed by atoms with E-state index in [1.807, 2.05) is 41.4 Å². The van der Waals surface area contributed by atoms with Crippen molar-refractivity contribution >= 4 is 17.2 Å². The topological polar surface area (TPSA) is 90.0 Å². The van der Waals surface area contributed by atoms with Crippen molar-refractivity contribution in [2.75, 3.05) is 6.54 Å². The van der Waals surface area contributed by atoms with Gasteiger partial charge in [0, 0.05) is 41.6 Å². The molecule has 2 aromatic rings. The number of allylic oxidation sites excluding steroid dienone is 2. The summed E-state index contributed by atoms with van der Waals surface area (Å²) in [5, 5.41) is 15.7. The van der Waals surface area contributed by atoms with Crippen LogP contribution in [0.2, 0.25) is 5.02 Å². The van der Waals surface area contributed by atoms with E-state index in [1.165, 1.54) is 0 Å². The molecule has 0 saturated carbocycles. The van der Waals surface area contributed by atoms with E-state index >= 15 is 0 Å². The minimum absolute atomic E-state index is 0.441. The monoisotopic (exact) mass is 376 g/mol. The molecule has 0 spiro atoms. The zero-order chi connectivity index (χ0) is 18.8. The minimum atomic E-state index is 0.441. The summed E-state index contributed by atoms with van der Waals surface area (Å²) in [5.41, 5.74) is 13.9. The first kappa shape index (κ1) is 17.2. The number of hydrogen-bond donors (Lipinski definition) is 3. The van der Waals surface area contributed by atoms with Crippen LogP contribution in [0.3, 0.4) is 0 Å². The van der Waals surface area contributed by atoms with E-state index in [-0.39, 0.29) is 0 Å². The highest BCUT2D eigenvalue weighted by Crippen LogP contribution is 2.39. The molecule has 0 aliphatic carbocycles. The van der Waals surface area contributed by atoms with Gasteiger partial charge in [0.05, 0.1) is 11.4 Å². The lowest BCUT2D eigenvalue weighted by atomic mass is 9.92. The quantitative estimate of drug-likeness (QED) is 0.760. The fourth-order valence-corrected chi connectivity index (χ4v) is 3.47. The summed E-state index contributed by atoms with van der Waals surface area (Å²) < 4.78 is 0. The van der Waals surface area contributed by atoms with Crippen LogP contribution in [-0.4, -0.2) is 16.5 Å². The number of aromatic nitrogens is 1. The lowest BCUT2D eigenvalue weighted by Gasteiger charge is -2.33. The number of pyridine rings is 1. The van der Waals surface area contributed by atoms with Gasteiger partial charge in [-0.2, -0.15) is 5.26 Å². The van der Waals surface area contributed by atoms with Gasteiger partial charge >= 0.3 is 0 Å². The van der Waals surface area contributed by atoms with Gasteiger partial charge in [-0.15, -0.1) is 0 Å². The third kappa shape index (κ3) is 3.04. The average Bonchev–Trinajstić information content (AvgIpc) is 3.19. The van der Waals surface area contributed by atoms with Gasteiger partial charge in [0.1, 0.15) is 17.5 Å². The highest BCUT2D eigenvalue weighted by atomic mass is 35.5. The lowest BCUT2D eigenvalue weighted by molar-refractivity contribution is 0.327. The number of nitrogens with zero attached hydrogens (tertiary/aromatic N) is 3. The van der Waals surface area contributed by atoms with Crippen molar-refractivity contribution in [3.8, 4) is 6.07 Å². The van der Waals surface area contributed by atoms with Crippen LogP contribution in [0.1, 0.15) is 11.1 Å². The van der Waals surface area contributed by atoms with E-state index in [4.69, 9.17) is 17.3 Å². The van der Waals surface area contributed by atoms with Gasteiger partial charge in [0.25, 0.3) is 0 Å². The van der Waals surface area contributed by atoms with Gasteiger partial charge in [-0.3, -0.25) is 9.99 Å². The van der Waals surface area contributed by atoms with Crippen LogP contribution < -0.4 is 16.5 Å². The van der Waals surface area contributed by atoms with E-state index in [9.17, 15) is 5.26 Å². The van der Waals surface area contributed by atoms with Crippen LogP contribution in [0.5, 0.6) is 0 Å². The predicted molar refractivity (Wildman–Crippen MR) is 104 cm³/mol. The molecule has 0 amide bonds. The smallest absolute Gasteiger partial charge is 0.140 e. The first-order chi connectivity index (χ1) is 13.2. The molecule has 0 radical (unpaired) electrons. The molecule has 3 heterocycles. The van der Waals surface area contributed by atoms with Crippen molar-refractivity contribution < 1.29 is 0 Å². The zero-order valence-electron chi connectivity index (χ0n) is 14.4. The molecule has 1 aromatic heterocycles. The second kappa shape index (κ2) is 7.16. The number of nitriles is 1. The molecule has 0 bridgehead atoms.